The van der Waals surface area contributed by atoms with E-state index in [9.17, 15) is 18.4 Å². The standard InChI is InChI=1S/C19H18ClF2N3O3/c20-12-3-5-13(6-4-12)24-19(27)25-16-10-23-17(26)9-15(16)11-1-7-14(8-2-11)28-18(21)22/h1-8,15-16,18H,9-10H2,(H,23,26)(H2,24,25,27). The molecule has 0 aromatic heterocycles. The van der Waals surface area contributed by atoms with Crippen LogP contribution in [0.15, 0.2) is 48.5 Å². The normalized spacial score (nSPS) is 19.1. The Bertz CT molecular complexity index is 831. The summed E-state index contributed by atoms with van der Waals surface area (Å²) in [6, 6.07) is 11.9. The molecule has 1 aliphatic heterocycles. The second-order valence-corrected chi connectivity index (χ2v) is 6.71. The molecule has 2 atom stereocenters. The van der Waals surface area contributed by atoms with Gasteiger partial charge in [0, 0.05) is 29.6 Å². The zero-order chi connectivity index (χ0) is 20.1. The van der Waals surface area contributed by atoms with Crippen molar-refractivity contribution >= 4 is 29.2 Å². The lowest BCUT2D eigenvalue weighted by Crippen LogP contribution is -2.52. The summed E-state index contributed by atoms with van der Waals surface area (Å²) in [5.74, 6) is -0.414. The number of anilines is 1. The summed E-state index contributed by atoms with van der Waals surface area (Å²) < 4.78 is 28.9. The number of benzene rings is 2. The molecule has 0 aliphatic carbocycles. The highest BCUT2D eigenvalue weighted by Crippen LogP contribution is 2.28. The van der Waals surface area contributed by atoms with Gasteiger partial charge in [-0.3, -0.25) is 4.79 Å². The highest BCUT2D eigenvalue weighted by molar-refractivity contribution is 6.30. The highest BCUT2D eigenvalue weighted by atomic mass is 35.5. The van der Waals surface area contributed by atoms with Gasteiger partial charge in [-0.1, -0.05) is 23.7 Å². The SMILES string of the molecule is O=C1CC(c2ccc(OC(F)F)cc2)C(NC(=O)Nc2ccc(Cl)cc2)CN1. The van der Waals surface area contributed by atoms with Crippen molar-refractivity contribution < 1.29 is 23.1 Å². The van der Waals surface area contributed by atoms with Crippen LogP contribution in [0.2, 0.25) is 5.02 Å². The molecular weight excluding hydrogens is 392 g/mol. The Labute approximate surface area is 165 Å². The second kappa shape index (κ2) is 8.88. The molecule has 148 valence electrons. The Balaban J connectivity index is 1.68. The van der Waals surface area contributed by atoms with Gasteiger partial charge >= 0.3 is 12.6 Å². The Morgan fingerprint density at radius 3 is 2.46 bits per heavy atom. The summed E-state index contributed by atoms with van der Waals surface area (Å²) in [6.07, 6.45) is 0.168. The number of hydrogen-bond donors (Lipinski definition) is 3. The Morgan fingerprint density at radius 2 is 1.82 bits per heavy atom. The summed E-state index contributed by atoms with van der Waals surface area (Å²) >= 11 is 5.82. The number of alkyl halides is 2. The minimum absolute atomic E-state index is 0.0315. The van der Waals surface area contributed by atoms with Crippen molar-refractivity contribution in [2.24, 2.45) is 0 Å². The minimum atomic E-state index is -2.91. The zero-order valence-corrected chi connectivity index (χ0v) is 15.4. The molecule has 2 aromatic carbocycles. The molecule has 9 heteroatoms. The molecule has 1 heterocycles. The van der Waals surface area contributed by atoms with E-state index in [0.717, 1.165) is 5.56 Å². The van der Waals surface area contributed by atoms with Crippen molar-refractivity contribution in [1.29, 1.82) is 0 Å². The van der Waals surface area contributed by atoms with Crippen LogP contribution in [0.5, 0.6) is 5.75 Å². The summed E-state index contributed by atoms with van der Waals surface area (Å²) in [4.78, 5) is 24.2. The highest BCUT2D eigenvalue weighted by Gasteiger charge is 2.31. The van der Waals surface area contributed by atoms with E-state index in [1.807, 2.05) is 0 Å². The number of halogens is 3. The van der Waals surface area contributed by atoms with Crippen molar-refractivity contribution in [2.75, 3.05) is 11.9 Å². The van der Waals surface area contributed by atoms with Crippen molar-refractivity contribution in [3.05, 3.63) is 59.1 Å². The molecule has 28 heavy (non-hydrogen) atoms. The Kier molecular flexibility index (Phi) is 6.30. The van der Waals surface area contributed by atoms with E-state index in [4.69, 9.17) is 11.6 Å². The molecule has 2 aromatic rings. The van der Waals surface area contributed by atoms with Crippen LogP contribution in [0.1, 0.15) is 17.9 Å². The monoisotopic (exact) mass is 409 g/mol. The molecule has 1 aliphatic rings. The van der Waals surface area contributed by atoms with Crippen LogP contribution in [-0.4, -0.2) is 31.1 Å². The fourth-order valence-corrected chi connectivity index (χ4v) is 3.17. The number of hydrogen-bond acceptors (Lipinski definition) is 3. The quantitative estimate of drug-likeness (QED) is 0.704. The van der Waals surface area contributed by atoms with E-state index in [1.54, 1.807) is 36.4 Å². The summed E-state index contributed by atoms with van der Waals surface area (Å²) in [7, 11) is 0. The van der Waals surface area contributed by atoms with Crippen LogP contribution in [-0.2, 0) is 4.79 Å². The molecule has 6 nitrogen and oxygen atoms in total. The summed E-state index contributed by atoms with van der Waals surface area (Å²) in [5, 5.41) is 8.83. The molecule has 0 saturated carbocycles. The second-order valence-electron chi connectivity index (χ2n) is 6.27. The number of rotatable bonds is 5. The van der Waals surface area contributed by atoms with Gasteiger partial charge in [0.25, 0.3) is 0 Å². The predicted molar refractivity (Wildman–Crippen MR) is 101 cm³/mol. The first-order valence-electron chi connectivity index (χ1n) is 8.55. The number of amides is 3. The van der Waals surface area contributed by atoms with Gasteiger partial charge < -0.3 is 20.7 Å². The van der Waals surface area contributed by atoms with E-state index in [2.05, 4.69) is 20.7 Å². The van der Waals surface area contributed by atoms with Crippen LogP contribution >= 0.6 is 11.6 Å². The number of ether oxygens (including phenoxy) is 1. The lowest BCUT2D eigenvalue weighted by molar-refractivity contribution is -0.123. The third-order valence-electron chi connectivity index (χ3n) is 4.36. The first-order valence-corrected chi connectivity index (χ1v) is 8.93. The average molecular weight is 410 g/mol. The Hall–Kier alpha value is -2.87. The number of nitrogens with one attached hydrogen (secondary N) is 3. The van der Waals surface area contributed by atoms with Crippen LogP contribution in [0.25, 0.3) is 0 Å². The Morgan fingerprint density at radius 1 is 1.14 bits per heavy atom. The third-order valence-corrected chi connectivity index (χ3v) is 4.61. The first kappa shape index (κ1) is 19.9. The van der Waals surface area contributed by atoms with Crippen molar-refractivity contribution in [1.82, 2.24) is 10.6 Å². The zero-order valence-electron chi connectivity index (χ0n) is 14.6. The van der Waals surface area contributed by atoms with Crippen molar-refractivity contribution in [3.63, 3.8) is 0 Å². The molecule has 1 saturated heterocycles. The predicted octanol–water partition coefficient (Wildman–Crippen LogP) is 3.74. The van der Waals surface area contributed by atoms with E-state index in [1.165, 1.54) is 12.1 Å². The number of carbonyl (C=O) groups is 2. The molecule has 3 amide bonds. The molecule has 2 unspecified atom stereocenters. The maximum atomic E-state index is 12.3. The van der Waals surface area contributed by atoms with Gasteiger partial charge in [-0.05, 0) is 42.0 Å². The van der Waals surface area contributed by atoms with Crippen LogP contribution in [0.4, 0.5) is 19.3 Å². The lowest BCUT2D eigenvalue weighted by Gasteiger charge is -2.32. The average Bonchev–Trinajstić information content (AvgIpc) is 2.65. The summed E-state index contributed by atoms with van der Waals surface area (Å²) in [6.45, 7) is -2.65. The van der Waals surface area contributed by atoms with Gasteiger partial charge in [0.2, 0.25) is 5.91 Å². The molecule has 0 spiro atoms. The van der Waals surface area contributed by atoms with Gasteiger partial charge in [-0.25, -0.2) is 4.79 Å². The van der Waals surface area contributed by atoms with Crippen molar-refractivity contribution in [3.8, 4) is 5.75 Å². The lowest BCUT2D eigenvalue weighted by atomic mass is 9.85. The summed E-state index contributed by atoms with van der Waals surface area (Å²) in [5.41, 5.74) is 1.32. The number of urea groups is 1. The molecule has 1 fully saturated rings. The van der Waals surface area contributed by atoms with Crippen molar-refractivity contribution in [2.45, 2.75) is 25.0 Å². The first-order chi connectivity index (χ1) is 13.4. The van der Waals surface area contributed by atoms with Crippen LogP contribution < -0.4 is 20.7 Å². The number of piperidine rings is 1. The topological polar surface area (TPSA) is 79.5 Å². The third kappa shape index (κ3) is 5.32. The van der Waals surface area contributed by atoms with Gasteiger partial charge in [0.1, 0.15) is 5.75 Å². The van der Waals surface area contributed by atoms with Crippen LogP contribution in [0.3, 0.4) is 0 Å². The maximum Gasteiger partial charge on any atom is 0.387 e. The molecule has 3 rings (SSSR count). The molecule has 0 bridgehead atoms. The van der Waals surface area contributed by atoms with E-state index >= 15 is 0 Å². The molecular formula is C19H18ClF2N3O3. The molecule has 3 N–H and O–H groups in total. The minimum Gasteiger partial charge on any atom is -0.435 e. The van der Waals surface area contributed by atoms with E-state index < -0.39 is 12.6 Å². The smallest absolute Gasteiger partial charge is 0.387 e. The van der Waals surface area contributed by atoms with Gasteiger partial charge in [-0.2, -0.15) is 8.78 Å². The van der Waals surface area contributed by atoms with E-state index in [-0.39, 0.29) is 36.6 Å². The number of carbonyl (C=O) groups excluding carboxylic acids is 2. The fraction of sp³-hybridized carbons (Fsp3) is 0.263. The van der Waals surface area contributed by atoms with Gasteiger partial charge in [0.05, 0.1) is 6.04 Å². The largest absolute Gasteiger partial charge is 0.435 e. The molecule has 0 radical (unpaired) electrons. The maximum absolute atomic E-state index is 12.3. The van der Waals surface area contributed by atoms with Gasteiger partial charge in [0.15, 0.2) is 0 Å². The van der Waals surface area contributed by atoms with Crippen LogP contribution in [0, 0.1) is 0 Å². The van der Waals surface area contributed by atoms with E-state index in [0.29, 0.717) is 10.7 Å². The van der Waals surface area contributed by atoms with Gasteiger partial charge in [-0.15, -0.1) is 0 Å². The fourth-order valence-electron chi connectivity index (χ4n) is 3.05.